The predicted molar refractivity (Wildman–Crippen MR) is 153 cm³/mol. The fourth-order valence-corrected chi connectivity index (χ4v) is 4.56. The molecule has 38 heavy (non-hydrogen) atoms. The molecule has 0 saturated carbocycles. The maximum absolute atomic E-state index is 13.3. The molecule has 1 aromatic heterocycles. The van der Waals surface area contributed by atoms with E-state index in [1.807, 2.05) is 33.4 Å². The highest BCUT2D eigenvalue weighted by Gasteiger charge is 2.31. The first-order chi connectivity index (χ1) is 18.2. The lowest BCUT2D eigenvalue weighted by atomic mass is 10.1. The van der Waals surface area contributed by atoms with Crippen LogP contribution in [0.4, 0.5) is 0 Å². The van der Waals surface area contributed by atoms with Gasteiger partial charge in [0.1, 0.15) is 5.75 Å². The zero-order valence-corrected chi connectivity index (χ0v) is 23.8. The summed E-state index contributed by atoms with van der Waals surface area (Å²) < 4.78 is 14.8. The van der Waals surface area contributed by atoms with Crippen LogP contribution in [0.25, 0.3) is 0 Å². The molecule has 0 fully saturated rings. The van der Waals surface area contributed by atoms with Crippen molar-refractivity contribution in [2.24, 2.45) is 0 Å². The lowest BCUT2D eigenvalue weighted by Crippen LogP contribution is -2.39. The van der Waals surface area contributed by atoms with E-state index in [9.17, 15) is 9.59 Å². The fraction of sp³-hybridized carbons (Fsp3) is 0.500. The van der Waals surface area contributed by atoms with Crippen LogP contribution in [-0.2, 0) is 35.5 Å². The van der Waals surface area contributed by atoms with Crippen LogP contribution in [0.15, 0.2) is 59.5 Å². The molecule has 0 saturated heterocycles. The first-order valence-electron chi connectivity index (χ1n) is 14.0. The molecular weight excluding hydrogens is 476 g/mol. The lowest BCUT2D eigenvalue weighted by Gasteiger charge is -2.24. The summed E-state index contributed by atoms with van der Waals surface area (Å²) in [6.45, 7) is 11.2. The third-order valence-electron chi connectivity index (χ3n) is 6.80. The molecule has 0 spiro atoms. The Labute approximate surface area is 227 Å². The number of hydrogen-bond acceptors (Lipinski definition) is 4. The molecule has 3 aromatic rings. The number of ether oxygens (including phenoxy) is 2. The first kappa shape index (κ1) is 29.3. The number of aromatic nitrogens is 2. The third-order valence-corrected chi connectivity index (χ3v) is 6.80. The molecule has 2 aromatic carbocycles. The van der Waals surface area contributed by atoms with E-state index in [1.54, 1.807) is 20.8 Å². The number of carbonyl (C=O) groups is 1. The van der Waals surface area contributed by atoms with Crippen LogP contribution in [0.5, 0.6) is 5.75 Å². The van der Waals surface area contributed by atoms with Gasteiger partial charge in [-0.15, -0.1) is 0 Å². The van der Waals surface area contributed by atoms with Gasteiger partial charge in [-0.25, -0.2) is 9.59 Å². The summed E-state index contributed by atoms with van der Waals surface area (Å²) in [5.74, 6) is 0.264. The average molecular weight is 521 g/mol. The molecule has 0 unspecified atom stereocenters. The number of nitrogens with zero attached hydrogens (tertiary/aromatic N) is 2. The standard InChI is InChI=1S/C32H44N2O4/c1-6-8-9-10-22-34-28(24-33(31(34)36)23-27-16-14-25(3)15-17-27)13-11-12-26-18-20-29(21-19-26)38-32(4,5)30(35)37-7-2/h14-21,24H,6-13,22-23H2,1-5H3. The second kappa shape index (κ2) is 14.0. The Morgan fingerprint density at radius 3 is 2.21 bits per heavy atom. The summed E-state index contributed by atoms with van der Waals surface area (Å²) in [5, 5.41) is 0. The monoisotopic (exact) mass is 520 g/mol. The molecule has 6 heteroatoms. The van der Waals surface area contributed by atoms with Crippen molar-refractivity contribution in [1.29, 1.82) is 0 Å². The summed E-state index contributed by atoms with van der Waals surface area (Å²) >= 11 is 0. The van der Waals surface area contributed by atoms with E-state index in [1.165, 1.54) is 24.0 Å². The van der Waals surface area contributed by atoms with Gasteiger partial charge in [-0.2, -0.15) is 0 Å². The molecule has 206 valence electrons. The SMILES string of the molecule is CCCCCCn1c(CCCc2ccc(OC(C)(C)C(=O)OCC)cc2)cn(Cc2ccc(C)cc2)c1=O. The van der Waals surface area contributed by atoms with Gasteiger partial charge in [0, 0.05) is 18.4 Å². The topological polar surface area (TPSA) is 62.5 Å². The highest BCUT2D eigenvalue weighted by atomic mass is 16.6. The Morgan fingerprint density at radius 2 is 1.55 bits per heavy atom. The molecule has 0 aliphatic heterocycles. The zero-order valence-electron chi connectivity index (χ0n) is 23.8. The number of imidazole rings is 1. The minimum atomic E-state index is -1.04. The van der Waals surface area contributed by atoms with E-state index >= 15 is 0 Å². The maximum Gasteiger partial charge on any atom is 0.349 e. The van der Waals surface area contributed by atoms with E-state index in [0.717, 1.165) is 49.9 Å². The van der Waals surface area contributed by atoms with Gasteiger partial charge >= 0.3 is 11.7 Å². The molecule has 0 radical (unpaired) electrons. The molecule has 0 aliphatic carbocycles. The van der Waals surface area contributed by atoms with Crippen molar-refractivity contribution in [2.75, 3.05) is 6.61 Å². The van der Waals surface area contributed by atoms with Crippen molar-refractivity contribution in [3.8, 4) is 5.75 Å². The number of benzene rings is 2. The Hall–Kier alpha value is -3.28. The van der Waals surface area contributed by atoms with E-state index < -0.39 is 5.60 Å². The number of esters is 1. The quantitative estimate of drug-likeness (QED) is 0.170. The fourth-order valence-electron chi connectivity index (χ4n) is 4.56. The predicted octanol–water partition coefficient (Wildman–Crippen LogP) is 6.48. The van der Waals surface area contributed by atoms with Crippen molar-refractivity contribution in [1.82, 2.24) is 9.13 Å². The number of rotatable bonds is 15. The molecule has 0 bridgehead atoms. The Morgan fingerprint density at radius 1 is 0.868 bits per heavy atom. The van der Waals surface area contributed by atoms with Crippen LogP contribution in [-0.4, -0.2) is 27.3 Å². The number of unbranched alkanes of at least 4 members (excludes halogenated alkanes) is 3. The molecule has 1 heterocycles. The van der Waals surface area contributed by atoms with E-state index in [4.69, 9.17) is 9.47 Å². The lowest BCUT2D eigenvalue weighted by molar-refractivity contribution is -0.158. The van der Waals surface area contributed by atoms with Gasteiger partial charge in [-0.05, 0) is 76.6 Å². The van der Waals surface area contributed by atoms with E-state index in [-0.39, 0.29) is 11.7 Å². The minimum absolute atomic E-state index is 0.0859. The average Bonchev–Trinajstić information content (AvgIpc) is 3.18. The van der Waals surface area contributed by atoms with Crippen LogP contribution in [0.2, 0.25) is 0 Å². The summed E-state index contributed by atoms with van der Waals surface area (Å²) in [4.78, 5) is 25.4. The van der Waals surface area contributed by atoms with Crippen LogP contribution in [0.1, 0.15) is 82.2 Å². The first-order valence-corrected chi connectivity index (χ1v) is 14.0. The van der Waals surface area contributed by atoms with Gasteiger partial charge < -0.3 is 9.47 Å². The van der Waals surface area contributed by atoms with Gasteiger partial charge in [0.05, 0.1) is 13.2 Å². The normalized spacial score (nSPS) is 11.5. The van der Waals surface area contributed by atoms with E-state index in [2.05, 4.69) is 44.3 Å². The molecule has 0 N–H and O–H groups in total. The maximum atomic E-state index is 13.3. The smallest absolute Gasteiger partial charge is 0.349 e. The van der Waals surface area contributed by atoms with Crippen LogP contribution in [0, 0.1) is 6.92 Å². The summed E-state index contributed by atoms with van der Waals surface area (Å²) in [5.41, 5.74) is 3.71. The molecule has 0 amide bonds. The highest BCUT2D eigenvalue weighted by molar-refractivity contribution is 5.79. The third kappa shape index (κ3) is 8.37. The second-order valence-electron chi connectivity index (χ2n) is 10.6. The minimum Gasteiger partial charge on any atom is -0.476 e. The summed E-state index contributed by atoms with van der Waals surface area (Å²) in [7, 11) is 0. The molecule has 0 aliphatic rings. The Balaban J connectivity index is 1.64. The number of carbonyl (C=O) groups excluding carboxylic acids is 1. The summed E-state index contributed by atoms with van der Waals surface area (Å²) in [6, 6.07) is 16.3. The van der Waals surface area contributed by atoms with E-state index in [0.29, 0.717) is 18.9 Å². The van der Waals surface area contributed by atoms with Crippen molar-refractivity contribution in [3.63, 3.8) is 0 Å². The number of hydrogen-bond donors (Lipinski definition) is 0. The Kier molecular flexibility index (Phi) is 10.8. The zero-order chi connectivity index (χ0) is 27.5. The molecule has 0 atom stereocenters. The van der Waals surface area contributed by atoms with Crippen molar-refractivity contribution in [3.05, 3.63) is 87.6 Å². The van der Waals surface area contributed by atoms with Crippen LogP contribution in [0.3, 0.4) is 0 Å². The van der Waals surface area contributed by atoms with Gasteiger partial charge in [-0.1, -0.05) is 68.1 Å². The van der Waals surface area contributed by atoms with Crippen molar-refractivity contribution < 1.29 is 14.3 Å². The van der Waals surface area contributed by atoms with Crippen LogP contribution < -0.4 is 10.4 Å². The van der Waals surface area contributed by atoms with Gasteiger partial charge in [0.15, 0.2) is 5.60 Å². The second-order valence-corrected chi connectivity index (χ2v) is 10.6. The highest BCUT2D eigenvalue weighted by Crippen LogP contribution is 2.21. The van der Waals surface area contributed by atoms with Gasteiger partial charge in [0.25, 0.3) is 0 Å². The molecule has 3 rings (SSSR count). The molecule has 6 nitrogen and oxygen atoms in total. The number of aryl methyl sites for hydroxylation is 3. The van der Waals surface area contributed by atoms with Crippen LogP contribution >= 0.6 is 0 Å². The van der Waals surface area contributed by atoms with Gasteiger partial charge in [-0.3, -0.25) is 9.13 Å². The summed E-state index contributed by atoms with van der Waals surface area (Å²) in [6.07, 6.45) is 9.29. The largest absolute Gasteiger partial charge is 0.476 e. The van der Waals surface area contributed by atoms with Crippen molar-refractivity contribution in [2.45, 2.75) is 98.3 Å². The van der Waals surface area contributed by atoms with Gasteiger partial charge in [0.2, 0.25) is 0 Å². The van der Waals surface area contributed by atoms with Crippen molar-refractivity contribution >= 4 is 5.97 Å². The molecular formula is C32H44N2O4. The Bertz CT molecular complexity index is 1200.